The average Bonchev–Trinajstić information content (AvgIpc) is 3.16. The molecule has 2 heterocycles. The van der Waals surface area contributed by atoms with E-state index in [4.69, 9.17) is 0 Å². The van der Waals surface area contributed by atoms with Gasteiger partial charge in [0.15, 0.2) is 0 Å². The average molecular weight is 330 g/mol. The molecule has 128 valence electrons. The molecule has 8 nitrogen and oxygen atoms in total. The highest BCUT2D eigenvalue weighted by atomic mass is 16.3. The lowest BCUT2D eigenvalue weighted by molar-refractivity contribution is 0.0849. The summed E-state index contributed by atoms with van der Waals surface area (Å²) in [6, 6.07) is 7.40. The van der Waals surface area contributed by atoms with Gasteiger partial charge in [-0.25, -0.2) is 0 Å². The van der Waals surface area contributed by atoms with Crippen molar-refractivity contribution in [1.82, 2.24) is 30.8 Å². The summed E-state index contributed by atoms with van der Waals surface area (Å²) in [5.74, 6) is 0.241. The Hall–Kier alpha value is -2.32. The molecule has 1 atom stereocenters. The van der Waals surface area contributed by atoms with Crippen LogP contribution in [0, 0.1) is 0 Å². The molecule has 24 heavy (non-hydrogen) atoms. The quantitative estimate of drug-likeness (QED) is 0.710. The molecule has 0 aliphatic carbocycles. The van der Waals surface area contributed by atoms with Crippen LogP contribution in [0.15, 0.2) is 24.3 Å². The molecule has 8 heteroatoms. The van der Waals surface area contributed by atoms with Crippen molar-refractivity contribution in [1.29, 1.82) is 0 Å². The minimum absolute atomic E-state index is 0.159. The van der Waals surface area contributed by atoms with Gasteiger partial charge in [0.05, 0.1) is 12.2 Å². The number of rotatable bonds is 6. The molecule has 3 rings (SSSR count). The Bertz CT molecular complexity index is 660. The third-order valence-corrected chi connectivity index (χ3v) is 4.40. The Balaban J connectivity index is 1.60. The van der Waals surface area contributed by atoms with Gasteiger partial charge in [0.2, 0.25) is 5.82 Å². The van der Waals surface area contributed by atoms with Gasteiger partial charge in [-0.15, -0.1) is 10.2 Å². The molecule has 0 radical (unpaired) electrons. The van der Waals surface area contributed by atoms with Crippen LogP contribution in [0.25, 0.3) is 11.4 Å². The molecule has 1 aliphatic heterocycles. The Morgan fingerprint density at radius 3 is 3.04 bits per heavy atom. The van der Waals surface area contributed by atoms with Gasteiger partial charge < -0.3 is 10.4 Å². The number of piperidine rings is 1. The number of benzene rings is 1. The molecular formula is C16H22N6O2. The molecule has 3 N–H and O–H groups in total. The van der Waals surface area contributed by atoms with Crippen molar-refractivity contribution in [3.8, 4) is 11.4 Å². The van der Waals surface area contributed by atoms with Crippen LogP contribution in [0.2, 0.25) is 0 Å². The summed E-state index contributed by atoms with van der Waals surface area (Å²) < 4.78 is 0. The van der Waals surface area contributed by atoms with Crippen LogP contribution in [0.1, 0.15) is 29.6 Å². The minimum atomic E-state index is -0.159. The van der Waals surface area contributed by atoms with E-state index in [0.29, 0.717) is 23.5 Å². The number of hydrogen-bond donors (Lipinski definition) is 3. The van der Waals surface area contributed by atoms with E-state index < -0.39 is 0 Å². The summed E-state index contributed by atoms with van der Waals surface area (Å²) in [7, 11) is 0. The molecule has 1 aromatic carbocycles. The third kappa shape index (κ3) is 3.77. The second-order valence-electron chi connectivity index (χ2n) is 5.91. The fraction of sp³-hybridized carbons (Fsp3) is 0.500. The number of aliphatic hydroxyl groups excluding tert-OH is 1. The van der Waals surface area contributed by atoms with E-state index in [0.717, 1.165) is 32.4 Å². The number of H-pyrrole nitrogens is 1. The van der Waals surface area contributed by atoms with E-state index in [-0.39, 0.29) is 18.6 Å². The zero-order valence-corrected chi connectivity index (χ0v) is 13.5. The zero-order valence-electron chi connectivity index (χ0n) is 13.5. The van der Waals surface area contributed by atoms with E-state index in [2.05, 4.69) is 30.8 Å². The van der Waals surface area contributed by atoms with Crippen molar-refractivity contribution >= 4 is 5.91 Å². The first kappa shape index (κ1) is 16.5. The number of nitrogens with one attached hydrogen (secondary N) is 2. The lowest BCUT2D eigenvalue weighted by atomic mass is 10.0. The molecule has 1 aliphatic rings. The maximum absolute atomic E-state index is 12.5. The highest BCUT2D eigenvalue weighted by molar-refractivity contribution is 6.00. The Morgan fingerprint density at radius 1 is 1.38 bits per heavy atom. The summed E-state index contributed by atoms with van der Waals surface area (Å²) in [4.78, 5) is 14.7. The SMILES string of the molecule is O=C(NCCN1CCCCC1CO)c1ccccc1-c1nn[nH]n1. The molecule has 2 aromatic rings. The molecular weight excluding hydrogens is 308 g/mol. The minimum Gasteiger partial charge on any atom is -0.395 e. The highest BCUT2D eigenvalue weighted by Crippen LogP contribution is 2.19. The molecule has 1 aromatic heterocycles. The maximum Gasteiger partial charge on any atom is 0.252 e. The van der Waals surface area contributed by atoms with Gasteiger partial charge in [0.25, 0.3) is 5.91 Å². The second kappa shape index (κ2) is 7.98. The van der Waals surface area contributed by atoms with Crippen molar-refractivity contribution in [3.63, 3.8) is 0 Å². The lowest BCUT2D eigenvalue weighted by Gasteiger charge is -2.34. The number of likely N-dealkylation sites (tertiary alicyclic amines) is 1. The van der Waals surface area contributed by atoms with E-state index in [1.165, 1.54) is 0 Å². The van der Waals surface area contributed by atoms with E-state index >= 15 is 0 Å². The van der Waals surface area contributed by atoms with Crippen LogP contribution in [0.4, 0.5) is 0 Å². The van der Waals surface area contributed by atoms with Gasteiger partial charge in [0, 0.05) is 24.7 Å². The summed E-state index contributed by atoms with van der Waals surface area (Å²) in [6.07, 6.45) is 3.32. The molecule has 1 unspecified atom stereocenters. The van der Waals surface area contributed by atoms with Crippen molar-refractivity contribution in [2.75, 3.05) is 26.2 Å². The highest BCUT2D eigenvalue weighted by Gasteiger charge is 2.21. The van der Waals surface area contributed by atoms with Gasteiger partial charge >= 0.3 is 0 Å². The monoisotopic (exact) mass is 330 g/mol. The molecule has 1 amide bonds. The van der Waals surface area contributed by atoms with Crippen molar-refractivity contribution in [2.45, 2.75) is 25.3 Å². The Morgan fingerprint density at radius 2 is 2.25 bits per heavy atom. The number of amides is 1. The van der Waals surface area contributed by atoms with E-state index in [9.17, 15) is 9.90 Å². The van der Waals surface area contributed by atoms with Crippen molar-refractivity contribution < 1.29 is 9.90 Å². The first-order valence-corrected chi connectivity index (χ1v) is 8.25. The molecule has 1 fully saturated rings. The number of nitrogens with zero attached hydrogens (tertiary/aromatic N) is 4. The van der Waals surface area contributed by atoms with Crippen LogP contribution in [-0.2, 0) is 0 Å². The predicted octanol–water partition coefficient (Wildman–Crippen LogP) is 0.443. The van der Waals surface area contributed by atoms with Crippen LogP contribution < -0.4 is 5.32 Å². The number of aromatic amines is 1. The Kier molecular flexibility index (Phi) is 5.50. The first-order valence-electron chi connectivity index (χ1n) is 8.25. The number of hydrogen-bond acceptors (Lipinski definition) is 6. The van der Waals surface area contributed by atoms with Gasteiger partial charge in [-0.2, -0.15) is 5.21 Å². The predicted molar refractivity (Wildman–Crippen MR) is 88.2 cm³/mol. The number of aromatic nitrogens is 4. The summed E-state index contributed by atoms with van der Waals surface area (Å²) >= 11 is 0. The normalized spacial score (nSPS) is 18.5. The molecule has 0 spiro atoms. The fourth-order valence-electron chi connectivity index (χ4n) is 3.12. The fourth-order valence-corrected chi connectivity index (χ4v) is 3.12. The number of aliphatic hydroxyl groups is 1. The smallest absolute Gasteiger partial charge is 0.252 e. The van der Waals surface area contributed by atoms with Crippen LogP contribution in [-0.4, -0.2) is 68.8 Å². The topological polar surface area (TPSA) is 107 Å². The van der Waals surface area contributed by atoms with Gasteiger partial charge in [0.1, 0.15) is 0 Å². The maximum atomic E-state index is 12.5. The second-order valence-corrected chi connectivity index (χ2v) is 5.91. The van der Waals surface area contributed by atoms with Gasteiger partial charge in [-0.3, -0.25) is 9.69 Å². The van der Waals surface area contributed by atoms with Gasteiger partial charge in [-0.05, 0) is 30.7 Å². The van der Waals surface area contributed by atoms with Gasteiger partial charge in [-0.1, -0.05) is 24.6 Å². The number of carbonyl (C=O) groups excluding carboxylic acids is 1. The summed E-state index contributed by atoms with van der Waals surface area (Å²) in [5.41, 5.74) is 1.17. The lowest BCUT2D eigenvalue weighted by Crippen LogP contribution is -2.45. The summed E-state index contributed by atoms with van der Waals surface area (Å²) in [5, 5.41) is 26.2. The third-order valence-electron chi connectivity index (χ3n) is 4.40. The van der Waals surface area contributed by atoms with Crippen LogP contribution in [0.5, 0.6) is 0 Å². The number of carbonyl (C=O) groups is 1. The van der Waals surface area contributed by atoms with Crippen LogP contribution >= 0.6 is 0 Å². The first-order chi connectivity index (χ1) is 11.8. The van der Waals surface area contributed by atoms with Crippen molar-refractivity contribution in [2.24, 2.45) is 0 Å². The van der Waals surface area contributed by atoms with E-state index in [1.807, 2.05) is 12.1 Å². The van der Waals surface area contributed by atoms with Crippen LogP contribution in [0.3, 0.4) is 0 Å². The largest absolute Gasteiger partial charge is 0.395 e. The number of tetrazole rings is 1. The molecule has 0 bridgehead atoms. The summed E-state index contributed by atoms with van der Waals surface area (Å²) in [6.45, 7) is 2.42. The zero-order chi connectivity index (χ0) is 16.8. The Labute approximate surface area is 140 Å². The standard InChI is InChI=1S/C16H22N6O2/c23-11-12-5-3-4-9-22(12)10-8-17-16(24)14-7-2-1-6-13(14)15-18-20-21-19-15/h1-2,6-7,12,23H,3-5,8-11H2,(H,17,24)(H,18,19,20,21). The molecule has 1 saturated heterocycles. The van der Waals surface area contributed by atoms with Crippen molar-refractivity contribution in [3.05, 3.63) is 29.8 Å². The van der Waals surface area contributed by atoms with E-state index in [1.54, 1.807) is 12.1 Å². The molecule has 0 saturated carbocycles.